The Labute approximate surface area is 62.4 Å². The Morgan fingerprint density at radius 1 is 1.40 bits per heavy atom. The monoisotopic (exact) mass is 140 g/mol. The average molecular weight is 140 g/mol. The van der Waals surface area contributed by atoms with E-state index in [-0.39, 0.29) is 0 Å². The van der Waals surface area contributed by atoms with Gasteiger partial charge >= 0.3 is 0 Å². The standard InChI is InChI=1S/C8H16N2/c1-10-5-6-2-3-7(9)8(10)4-6/h6-8H,2-5,9H2,1H3/t6?,7-,8?/m0/s1. The molecule has 2 fully saturated rings. The third-order valence-electron chi connectivity index (χ3n) is 3.09. The first kappa shape index (κ1) is 6.62. The summed E-state index contributed by atoms with van der Waals surface area (Å²) in [5.74, 6) is 0.967. The first-order valence-electron chi connectivity index (χ1n) is 4.23. The zero-order chi connectivity index (χ0) is 7.14. The van der Waals surface area contributed by atoms with Gasteiger partial charge in [-0.1, -0.05) is 0 Å². The van der Waals surface area contributed by atoms with E-state index < -0.39 is 0 Å². The van der Waals surface area contributed by atoms with E-state index in [0.29, 0.717) is 12.1 Å². The summed E-state index contributed by atoms with van der Waals surface area (Å²) in [6, 6.07) is 1.17. The molecule has 1 saturated carbocycles. The Morgan fingerprint density at radius 3 is 2.90 bits per heavy atom. The van der Waals surface area contributed by atoms with E-state index in [9.17, 15) is 0 Å². The Hall–Kier alpha value is -0.0800. The molecule has 2 bridgehead atoms. The van der Waals surface area contributed by atoms with Crippen molar-refractivity contribution in [1.29, 1.82) is 0 Å². The second-order valence-corrected chi connectivity index (χ2v) is 3.85. The fraction of sp³-hybridized carbons (Fsp3) is 1.00. The maximum absolute atomic E-state index is 5.96. The van der Waals surface area contributed by atoms with Crippen LogP contribution in [0.4, 0.5) is 0 Å². The second kappa shape index (κ2) is 2.21. The van der Waals surface area contributed by atoms with Crippen LogP contribution in [0.15, 0.2) is 0 Å². The lowest BCUT2D eigenvalue weighted by Gasteiger charge is -2.27. The Morgan fingerprint density at radius 2 is 2.20 bits per heavy atom. The van der Waals surface area contributed by atoms with Crippen LogP contribution in [0.3, 0.4) is 0 Å². The maximum atomic E-state index is 5.96. The first-order chi connectivity index (χ1) is 4.77. The van der Waals surface area contributed by atoms with Crippen LogP contribution in [0.2, 0.25) is 0 Å². The molecule has 58 valence electrons. The SMILES string of the molecule is CN1CC2CC[C@H](N)C1C2. The van der Waals surface area contributed by atoms with Crippen molar-refractivity contribution in [1.82, 2.24) is 4.90 Å². The Bertz CT molecular complexity index is 131. The van der Waals surface area contributed by atoms with E-state index >= 15 is 0 Å². The zero-order valence-electron chi connectivity index (χ0n) is 6.59. The lowest BCUT2D eigenvalue weighted by molar-refractivity contribution is 0.264. The molecule has 1 heterocycles. The van der Waals surface area contributed by atoms with Crippen molar-refractivity contribution in [3.05, 3.63) is 0 Å². The smallest absolute Gasteiger partial charge is 0.0247 e. The van der Waals surface area contributed by atoms with Gasteiger partial charge in [0, 0.05) is 18.6 Å². The number of likely N-dealkylation sites (N-methyl/N-ethyl adjacent to an activating group) is 1. The van der Waals surface area contributed by atoms with Crippen molar-refractivity contribution in [3.8, 4) is 0 Å². The van der Waals surface area contributed by atoms with Crippen molar-refractivity contribution in [2.75, 3.05) is 13.6 Å². The molecule has 2 heteroatoms. The molecule has 0 aromatic rings. The van der Waals surface area contributed by atoms with Crippen LogP contribution >= 0.6 is 0 Å². The van der Waals surface area contributed by atoms with Gasteiger partial charge in [-0.2, -0.15) is 0 Å². The molecule has 0 aromatic carbocycles. The van der Waals surface area contributed by atoms with Gasteiger partial charge < -0.3 is 10.6 Å². The molecule has 1 aliphatic heterocycles. The molecule has 10 heavy (non-hydrogen) atoms. The highest BCUT2D eigenvalue weighted by Crippen LogP contribution is 2.33. The number of likely N-dealkylation sites (tertiary alicyclic amines) is 1. The molecule has 0 spiro atoms. The molecular weight excluding hydrogens is 124 g/mol. The second-order valence-electron chi connectivity index (χ2n) is 3.85. The topological polar surface area (TPSA) is 29.3 Å². The lowest BCUT2D eigenvalue weighted by atomic mass is 9.87. The number of nitrogens with zero attached hydrogens (tertiary/aromatic N) is 1. The van der Waals surface area contributed by atoms with Gasteiger partial charge in [-0.15, -0.1) is 0 Å². The van der Waals surface area contributed by atoms with Gasteiger partial charge in [-0.25, -0.2) is 0 Å². The van der Waals surface area contributed by atoms with Crippen LogP contribution in [-0.2, 0) is 0 Å². The summed E-state index contributed by atoms with van der Waals surface area (Å²) in [6.07, 6.45) is 3.97. The van der Waals surface area contributed by atoms with Crippen LogP contribution in [0.5, 0.6) is 0 Å². The Balaban J connectivity index is 2.10. The fourth-order valence-electron chi connectivity index (χ4n) is 2.47. The summed E-state index contributed by atoms with van der Waals surface area (Å²) < 4.78 is 0. The van der Waals surface area contributed by atoms with Gasteiger partial charge in [-0.05, 0) is 32.2 Å². The van der Waals surface area contributed by atoms with Crippen LogP contribution in [0, 0.1) is 5.92 Å². The molecule has 1 aliphatic carbocycles. The minimum absolute atomic E-state index is 0.462. The molecule has 2 nitrogen and oxygen atoms in total. The van der Waals surface area contributed by atoms with E-state index in [0.717, 1.165) is 5.92 Å². The largest absolute Gasteiger partial charge is 0.326 e. The van der Waals surface area contributed by atoms with Crippen molar-refractivity contribution in [3.63, 3.8) is 0 Å². The predicted octanol–water partition coefficient (Wildman–Crippen LogP) is 0.428. The number of rotatable bonds is 0. The van der Waals surface area contributed by atoms with Crippen LogP contribution in [0.1, 0.15) is 19.3 Å². The van der Waals surface area contributed by atoms with E-state index in [1.54, 1.807) is 0 Å². The Kier molecular flexibility index (Phi) is 1.46. The number of hydrogen-bond donors (Lipinski definition) is 1. The quantitative estimate of drug-likeness (QED) is 0.528. The highest BCUT2D eigenvalue weighted by Gasteiger charge is 2.37. The van der Waals surface area contributed by atoms with Gasteiger partial charge in [0.25, 0.3) is 0 Å². The van der Waals surface area contributed by atoms with Gasteiger partial charge in [0.05, 0.1) is 0 Å². The van der Waals surface area contributed by atoms with Crippen LogP contribution < -0.4 is 5.73 Å². The summed E-state index contributed by atoms with van der Waals surface area (Å²) in [5, 5.41) is 0. The van der Waals surface area contributed by atoms with Crippen molar-refractivity contribution >= 4 is 0 Å². The van der Waals surface area contributed by atoms with Gasteiger partial charge in [0.15, 0.2) is 0 Å². The number of hydrogen-bond acceptors (Lipinski definition) is 2. The van der Waals surface area contributed by atoms with Crippen LogP contribution in [-0.4, -0.2) is 30.6 Å². The van der Waals surface area contributed by atoms with Crippen molar-refractivity contribution in [2.45, 2.75) is 31.3 Å². The van der Waals surface area contributed by atoms with Gasteiger partial charge in [0.1, 0.15) is 0 Å². The zero-order valence-corrected chi connectivity index (χ0v) is 6.59. The highest BCUT2D eigenvalue weighted by atomic mass is 15.2. The number of nitrogens with two attached hydrogens (primary N) is 1. The third-order valence-corrected chi connectivity index (χ3v) is 3.09. The normalized spacial score (nSPS) is 48.0. The molecular formula is C8H16N2. The molecule has 0 radical (unpaired) electrons. The van der Waals surface area contributed by atoms with Gasteiger partial charge in [-0.3, -0.25) is 0 Å². The molecule has 0 amide bonds. The summed E-state index contributed by atoms with van der Waals surface area (Å²) in [6.45, 7) is 1.29. The summed E-state index contributed by atoms with van der Waals surface area (Å²) in [4.78, 5) is 2.43. The van der Waals surface area contributed by atoms with E-state index in [4.69, 9.17) is 5.73 Å². The predicted molar refractivity (Wildman–Crippen MR) is 41.7 cm³/mol. The first-order valence-corrected chi connectivity index (χ1v) is 4.23. The molecule has 2 rings (SSSR count). The summed E-state index contributed by atoms with van der Waals surface area (Å²) >= 11 is 0. The summed E-state index contributed by atoms with van der Waals surface area (Å²) in [5.41, 5.74) is 5.96. The van der Waals surface area contributed by atoms with Crippen molar-refractivity contribution < 1.29 is 0 Å². The molecule has 2 N–H and O–H groups in total. The minimum atomic E-state index is 0.462. The van der Waals surface area contributed by atoms with Crippen LogP contribution in [0.25, 0.3) is 0 Å². The molecule has 2 unspecified atom stereocenters. The molecule has 0 aromatic heterocycles. The molecule has 2 aliphatic rings. The van der Waals surface area contributed by atoms with E-state index in [1.165, 1.54) is 25.8 Å². The highest BCUT2D eigenvalue weighted by molar-refractivity contribution is 4.94. The van der Waals surface area contributed by atoms with Gasteiger partial charge in [0.2, 0.25) is 0 Å². The number of fused-ring (bicyclic) bond motifs is 2. The van der Waals surface area contributed by atoms with E-state index in [1.807, 2.05) is 0 Å². The third kappa shape index (κ3) is 0.867. The fourth-order valence-corrected chi connectivity index (χ4v) is 2.47. The average Bonchev–Trinajstić information content (AvgIpc) is 2.21. The van der Waals surface area contributed by atoms with E-state index in [2.05, 4.69) is 11.9 Å². The maximum Gasteiger partial charge on any atom is 0.0247 e. The molecule has 3 atom stereocenters. The van der Waals surface area contributed by atoms with Crippen molar-refractivity contribution in [2.24, 2.45) is 11.7 Å². The molecule has 1 saturated heterocycles. The lowest BCUT2D eigenvalue weighted by Crippen LogP contribution is -2.42. The minimum Gasteiger partial charge on any atom is -0.326 e. The summed E-state index contributed by atoms with van der Waals surface area (Å²) in [7, 11) is 2.20.